The number of aromatic nitrogens is 1. The van der Waals surface area contributed by atoms with Crippen molar-refractivity contribution in [3.63, 3.8) is 0 Å². The van der Waals surface area contributed by atoms with Crippen LogP contribution in [0.3, 0.4) is 0 Å². The third-order valence-corrected chi connectivity index (χ3v) is 4.25. The van der Waals surface area contributed by atoms with E-state index in [2.05, 4.69) is 27.0 Å². The fourth-order valence-electron chi connectivity index (χ4n) is 1.93. The van der Waals surface area contributed by atoms with E-state index in [0.717, 1.165) is 20.9 Å². The molecule has 21 heavy (non-hydrogen) atoms. The molecule has 0 atom stereocenters. The summed E-state index contributed by atoms with van der Waals surface area (Å²) in [6.45, 7) is 0. The molecule has 0 saturated carbocycles. The van der Waals surface area contributed by atoms with Gasteiger partial charge in [0.15, 0.2) is 0 Å². The van der Waals surface area contributed by atoms with Gasteiger partial charge in [0, 0.05) is 31.0 Å². The highest BCUT2D eigenvalue weighted by Crippen LogP contribution is 2.29. The monoisotopic (exact) mass is 315 g/mol. The normalized spacial score (nSPS) is 11.4. The fourth-order valence-corrected chi connectivity index (χ4v) is 2.89. The average Bonchev–Trinajstić information content (AvgIpc) is 2.87. The van der Waals surface area contributed by atoms with Crippen LogP contribution < -0.4 is 4.90 Å². The molecule has 0 aliphatic rings. The maximum absolute atomic E-state index is 5.96. The predicted octanol–water partition coefficient (Wildman–Crippen LogP) is 4.77. The summed E-state index contributed by atoms with van der Waals surface area (Å²) in [4.78, 5) is 11.0. The van der Waals surface area contributed by atoms with Crippen LogP contribution in [0, 0.1) is 0 Å². The lowest BCUT2D eigenvalue weighted by molar-refractivity contribution is 1.13. The number of thiazole rings is 1. The first-order chi connectivity index (χ1) is 10.1. The van der Waals surface area contributed by atoms with Crippen LogP contribution in [0.5, 0.6) is 0 Å². The Bertz CT molecular complexity index is 791. The van der Waals surface area contributed by atoms with Gasteiger partial charge in [0.1, 0.15) is 0 Å². The zero-order valence-corrected chi connectivity index (χ0v) is 13.3. The predicted molar refractivity (Wildman–Crippen MR) is 92.7 cm³/mol. The summed E-state index contributed by atoms with van der Waals surface area (Å²) in [7, 11) is 4.05. The van der Waals surface area contributed by atoms with E-state index >= 15 is 0 Å². The van der Waals surface area contributed by atoms with Crippen molar-refractivity contribution >= 4 is 50.2 Å². The summed E-state index contributed by atoms with van der Waals surface area (Å²) in [5, 5.41) is 1.44. The van der Waals surface area contributed by atoms with E-state index in [1.165, 1.54) is 5.69 Å². The molecule has 0 bridgehead atoms. The molecule has 5 heteroatoms. The van der Waals surface area contributed by atoms with E-state index in [4.69, 9.17) is 11.6 Å². The van der Waals surface area contributed by atoms with Crippen LogP contribution in [-0.4, -0.2) is 25.3 Å². The summed E-state index contributed by atoms with van der Waals surface area (Å²) in [6, 6.07) is 13.9. The zero-order chi connectivity index (χ0) is 14.8. The number of hydrogen-bond acceptors (Lipinski definition) is 4. The lowest BCUT2D eigenvalue weighted by Crippen LogP contribution is -2.08. The van der Waals surface area contributed by atoms with Gasteiger partial charge in [-0.05, 0) is 35.9 Å². The SMILES string of the molecule is CN(C)c1ccc(/C=N/c2nc3cc(Cl)ccc3s2)cc1. The molecule has 0 N–H and O–H groups in total. The standard InChI is InChI=1S/C16H14ClN3S/c1-20(2)13-6-3-11(4-7-13)10-18-16-19-14-9-12(17)5-8-15(14)21-16/h3-10H,1-2H3/b18-10+. The third-order valence-electron chi connectivity index (χ3n) is 3.07. The summed E-state index contributed by atoms with van der Waals surface area (Å²) < 4.78 is 1.09. The molecule has 0 amide bonds. The van der Waals surface area contributed by atoms with Gasteiger partial charge in [-0.2, -0.15) is 0 Å². The molecule has 0 spiro atoms. The second-order valence-corrected chi connectivity index (χ2v) is 6.30. The van der Waals surface area contributed by atoms with Crippen molar-refractivity contribution in [2.24, 2.45) is 4.99 Å². The highest BCUT2D eigenvalue weighted by molar-refractivity contribution is 7.22. The number of rotatable bonds is 3. The molecule has 106 valence electrons. The van der Waals surface area contributed by atoms with Crippen molar-refractivity contribution in [3.05, 3.63) is 53.1 Å². The lowest BCUT2D eigenvalue weighted by atomic mass is 10.2. The van der Waals surface area contributed by atoms with Crippen LogP contribution in [-0.2, 0) is 0 Å². The summed E-state index contributed by atoms with van der Waals surface area (Å²) in [5.41, 5.74) is 3.11. The molecule has 0 aliphatic carbocycles. The minimum atomic E-state index is 0.697. The van der Waals surface area contributed by atoms with Crippen molar-refractivity contribution in [1.29, 1.82) is 0 Å². The van der Waals surface area contributed by atoms with E-state index in [1.54, 1.807) is 11.3 Å². The van der Waals surface area contributed by atoms with Crippen molar-refractivity contribution in [2.75, 3.05) is 19.0 Å². The molecule has 3 nitrogen and oxygen atoms in total. The second kappa shape index (κ2) is 5.84. The molecular formula is C16H14ClN3S. The fraction of sp³-hybridized carbons (Fsp3) is 0.125. The Morgan fingerprint density at radius 2 is 1.90 bits per heavy atom. The molecule has 0 aliphatic heterocycles. The Balaban J connectivity index is 1.83. The molecule has 0 fully saturated rings. The van der Waals surface area contributed by atoms with Crippen molar-refractivity contribution < 1.29 is 0 Å². The molecule has 0 unspecified atom stereocenters. The number of halogens is 1. The first-order valence-electron chi connectivity index (χ1n) is 6.49. The molecule has 3 aromatic rings. The van der Waals surface area contributed by atoms with Crippen molar-refractivity contribution in [2.45, 2.75) is 0 Å². The maximum Gasteiger partial charge on any atom is 0.210 e. The van der Waals surface area contributed by atoms with Gasteiger partial charge in [-0.15, -0.1) is 0 Å². The summed E-state index contributed by atoms with van der Waals surface area (Å²) >= 11 is 7.52. The van der Waals surface area contributed by atoms with Crippen LogP contribution in [0.4, 0.5) is 10.8 Å². The lowest BCUT2D eigenvalue weighted by Gasteiger charge is -2.11. The van der Waals surface area contributed by atoms with Crippen LogP contribution in [0.1, 0.15) is 5.56 Å². The van der Waals surface area contributed by atoms with Crippen LogP contribution in [0.25, 0.3) is 10.2 Å². The van der Waals surface area contributed by atoms with Gasteiger partial charge in [0.05, 0.1) is 10.2 Å². The number of nitrogens with zero attached hydrogens (tertiary/aromatic N) is 3. The van der Waals surface area contributed by atoms with Gasteiger partial charge in [-0.3, -0.25) is 0 Å². The summed E-state index contributed by atoms with van der Waals surface area (Å²) in [5.74, 6) is 0. The number of anilines is 1. The van der Waals surface area contributed by atoms with E-state index in [9.17, 15) is 0 Å². The highest BCUT2D eigenvalue weighted by Gasteiger charge is 2.02. The Morgan fingerprint density at radius 1 is 1.14 bits per heavy atom. The zero-order valence-electron chi connectivity index (χ0n) is 11.7. The van der Waals surface area contributed by atoms with Gasteiger partial charge in [-0.1, -0.05) is 35.1 Å². The van der Waals surface area contributed by atoms with Gasteiger partial charge in [0.25, 0.3) is 0 Å². The van der Waals surface area contributed by atoms with Gasteiger partial charge in [0.2, 0.25) is 5.13 Å². The Hall–Kier alpha value is -1.91. The Labute approximate surface area is 132 Å². The van der Waals surface area contributed by atoms with E-state index in [1.807, 2.05) is 50.6 Å². The summed E-state index contributed by atoms with van der Waals surface area (Å²) in [6.07, 6.45) is 1.83. The second-order valence-electron chi connectivity index (χ2n) is 4.85. The van der Waals surface area contributed by atoms with Gasteiger partial charge >= 0.3 is 0 Å². The minimum absolute atomic E-state index is 0.697. The third kappa shape index (κ3) is 3.23. The van der Waals surface area contributed by atoms with Crippen LogP contribution >= 0.6 is 22.9 Å². The average molecular weight is 316 g/mol. The first kappa shape index (κ1) is 14.0. The van der Waals surface area contributed by atoms with E-state index < -0.39 is 0 Å². The van der Waals surface area contributed by atoms with Gasteiger partial charge < -0.3 is 4.90 Å². The molecule has 3 rings (SSSR count). The quantitative estimate of drug-likeness (QED) is 0.651. The van der Waals surface area contributed by atoms with Crippen molar-refractivity contribution in [3.8, 4) is 0 Å². The molecule has 2 aromatic carbocycles. The van der Waals surface area contributed by atoms with Crippen LogP contribution in [0.15, 0.2) is 47.5 Å². The maximum atomic E-state index is 5.96. The first-order valence-corrected chi connectivity index (χ1v) is 7.69. The smallest absolute Gasteiger partial charge is 0.210 e. The molecule has 1 heterocycles. The number of benzene rings is 2. The van der Waals surface area contributed by atoms with Crippen molar-refractivity contribution in [1.82, 2.24) is 4.98 Å². The molecule has 0 saturated heterocycles. The number of hydrogen-bond donors (Lipinski definition) is 0. The Kier molecular flexibility index (Phi) is 3.90. The molecule has 0 radical (unpaired) electrons. The number of aliphatic imine (C=N–C) groups is 1. The van der Waals surface area contributed by atoms with Gasteiger partial charge in [-0.25, -0.2) is 9.98 Å². The minimum Gasteiger partial charge on any atom is -0.378 e. The number of fused-ring (bicyclic) bond motifs is 1. The largest absolute Gasteiger partial charge is 0.378 e. The molecule has 1 aromatic heterocycles. The Morgan fingerprint density at radius 3 is 2.62 bits per heavy atom. The van der Waals surface area contributed by atoms with E-state index in [0.29, 0.717) is 5.02 Å². The highest BCUT2D eigenvalue weighted by atomic mass is 35.5. The van der Waals surface area contributed by atoms with E-state index in [-0.39, 0.29) is 0 Å². The topological polar surface area (TPSA) is 28.5 Å². The van der Waals surface area contributed by atoms with Crippen LogP contribution in [0.2, 0.25) is 5.02 Å². The molecular weight excluding hydrogens is 302 g/mol.